The van der Waals surface area contributed by atoms with Crippen molar-refractivity contribution in [1.29, 1.82) is 0 Å². The number of ether oxygens (including phenoxy) is 1. The first kappa shape index (κ1) is 14.7. The van der Waals surface area contributed by atoms with Gasteiger partial charge in [0.25, 0.3) is 5.91 Å². The van der Waals surface area contributed by atoms with Gasteiger partial charge >= 0.3 is 0 Å². The minimum absolute atomic E-state index is 0.0439. The number of benzene rings is 1. The second-order valence-corrected chi connectivity index (χ2v) is 6.26. The second-order valence-electron chi connectivity index (χ2n) is 4.54. The molecule has 0 fully saturated rings. The molecule has 3 rings (SSSR count). The van der Waals surface area contributed by atoms with Gasteiger partial charge in [-0.25, -0.2) is 4.99 Å². The third-order valence-electron chi connectivity index (χ3n) is 3.03. The van der Waals surface area contributed by atoms with E-state index in [4.69, 9.17) is 17.0 Å². The lowest BCUT2D eigenvalue weighted by Crippen LogP contribution is -2.30. The lowest BCUT2D eigenvalue weighted by atomic mass is 10.1. The van der Waals surface area contributed by atoms with E-state index in [2.05, 4.69) is 9.98 Å². The Hall–Kier alpha value is -2.25. The molecular formula is C15H12N2O3S2. The maximum Gasteiger partial charge on any atom is 0.277 e. The second kappa shape index (κ2) is 5.86. The summed E-state index contributed by atoms with van der Waals surface area (Å²) >= 11 is 6.16. The zero-order valence-electron chi connectivity index (χ0n) is 11.6. The molecule has 1 amide bonds. The van der Waals surface area contributed by atoms with Gasteiger partial charge in [-0.15, -0.1) is 11.3 Å². The van der Waals surface area contributed by atoms with Crippen LogP contribution in [0.2, 0.25) is 0 Å². The van der Waals surface area contributed by atoms with Crippen molar-refractivity contribution in [2.24, 2.45) is 4.99 Å². The molecule has 2 aromatic rings. The fraction of sp³-hybridized carbons (Fsp3) is 0.133. The number of amides is 1. The third kappa shape index (κ3) is 2.86. The molecule has 0 spiro atoms. The van der Waals surface area contributed by atoms with Gasteiger partial charge in [0.15, 0.2) is 3.95 Å². The summed E-state index contributed by atoms with van der Waals surface area (Å²) in [4.78, 5) is 19.3. The molecule has 0 unspecified atom stereocenters. The molecule has 112 valence electrons. The lowest BCUT2D eigenvalue weighted by Gasteiger charge is -2.06. The topological polar surface area (TPSA) is 74.7 Å². The molecule has 5 nitrogen and oxygen atoms in total. The maximum absolute atomic E-state index is 12.1. The van der Waals surface area contributed by atoms with Crippen LogP contribution in [0.1, 0.15) is 11.8 Å². The Labute approximate surface area is 134 Å². The normalized spacial score (nSPS) is 15.1. The smallest absolute Gasteiger partial charge is 0.277 e. The fourth-order valence-corrected chi connectivity index (χ4v) is 3.13. The van der Waals surface area contributed by atoms with E-state index < -0.39 is 0 Å². The molecule has 0 saturated heterocycles. The van der Waals surface area contributed by atoms with Crippen LogP contribution in [0, 0.1) is 3.95 Å². The summed E-state index contributed by atoms with van der Waals surface area (Å²) in [5.74, 6) is 0.328. The number of nitrogens with zero attached hydrogens (tertiary/aromatic N) is 1. The molecule has 22 heavy (non-hydrogen) atoms. The number of fused-ring (bicyclic) bond motifs is 1. The Morgan fingerprint density at radius 1 is 1.50 bits per heavy atom. The van der Waals surface area contributed by atoms with Crippen LogP contribution in [0.4, 0.5) is 0 Å². The average Bonchev–Trinajstić information content (AvgIpc) is 2.78. The molecule has 2 heterocycles. The van der Waals surface area contributed by atoms with E-state index in [1.807, 2.05) is 13.0 Å². The molecular weight excluding hydrogens is 320 g/mol. The third-order valence-corrected chi connectivity index (χ3v) is 4.20. The highest BCUT2D eigenvalue weighted by molar-refractivity contribution is 7.73. The molecule has 0 radical (unpaired) electrons. The van der Waals surface area contributed by atoms with Crippen molar-refractivity contribution in [1.82, 2.24) is 4.98 Å². The Morgan fingerprint density at radius 2 is 2.32 bits per heavy atom. The Balaban J connectivity index is 2.11. The Morgan fingerprint density at radius 3 is 3.00 bits per heavy atom. The molecule has 1 aromatic heterocycles. The highest BCUT2D eigenvalue weighted by atomic mass is 32.1. The monoisotopic (exact) mass is 332 g/mol. The van der Waals surface area contributed by atoms with Crippen LogP contribution in [-0.2, 0) is 4.79 Å². The largest absolute Gasteiger partial charge is 0.494 e. The minimum Gasteiger partial charge on any atom is -0.494 e. The van der Waals surface area contributed by atoms with Crippen LogP contribution in [0.3, 0.4) is 0 Å². The van der Waals surface area contributed by atoms with Crippen molar-refractivity contribution < 1.29 is 14.6 Å². The number of nitrogens with one attached hydrogen (secondary N) is 1. The first-order valence-electron chi connectivity index (χ1n) is 6.58. The number of hydrogen-bond donors (Lipinski definition) is 2. The maximum atomic E-state index is 12.1. The lowest BCUT2D eigenvalue weighted by molar-refractivity contribution is -0.114. The highest BCUT2D eigenvalue weighted by Gasteiger charge is 2.13. The fourth-order valence-electron chi connectivity index (χ4n) is 2.08. The number of aromatic hydroxyl groups is 1. The summed E-state index contributed by atoms with van der Waals surface area (Å²) in [6.07, 6.45) is 3.31. The molecule has 7 heteroatoms. The van der Waals surface area contributed by atoms with Crippen molar-refractivity contribution in [3.05, 3.63) is 43.2 Å². The highest BCUT2D eigenvalue weighted by Crippen LogP contribution is 2.25. The summed E-state index contributed by atoms with van der Waals surface area (Å²) in [6.45, 7) is 2.48. The zero-order valence-corrected chi connectivity index (χ0v) is 13.3. The molecule has 0 saturated carbocycles. The van der Waals surface area contributed by atoms with Gasteiger partial charge in [-0.3, -0.25) is 4.79 Å². The quantitative estimate of drug-likeness (QED) is 0.665. The SMILES string of the molecule is CCOc1ccc2c(c1)=C/C(=C\c1sc(=S)[nH]c1O)C(=O)N=2. The molecule has 0 atom stereocenters. The van der Waals surface area contributed by atoms with Gasteiger partial charge in [-0.1, -0.05) is 0 Å². The number of H-pyrrole nitrogens is 1. The van der Waals surface area contributed by atoms with E-state index in [-0.39, 0.29) is 11.8 Å². The van der Waals surface area contributed by atoms with E-state index >= 15 is 0 Å². The van der Waals surface area contributed by atoms with Crippen molar-refractivity contribution in [3.63, 3.8) is 0 Å². The number of carbonyl (C=O) groups excluding carboxylic acids is 1. The first-order chi connectivity index (χ1) is 10.6. The summed E-state index contributed by atoms with van der Waals surface area (Å²) in [7, 11) is 0. The Kier molecular flexibility index (Phi) is 3.91. The van der Waals surface area contributed by atoms with E-state index in [9.17, 15) is 9.90 Å². The van der Waals surface area contributed by atoms with Gasteiger partial charge in [0.1, 0.15) is 5.75 Å². The van der Waals surface area contributed by atoms with Crippen LogP contribution in [0.15, 0.2) is 28.8 Å². The van der Waals surface area contributed by atoms with Gasteiger partial charge < -0.3 is 14.8 Å². The molecule has 1 aliphatic heterocycles. The van der Waals surface area contributed by atoms with Gasteiger partial charge in [0.05, 0.1) is 16.8 Å². The van der Waals surface area contributed by atoms with E-state index in [1.165, 1.54) is 11.3 Å². The molecule has 1 aliphatic rings. The molecule has 0 bridgehead atoms. The van der Waals surface area contributed by atoms with Crippen LogP contribution < -0.4 is 15.3 Å². The van der Waals surface area contributed by atoms with Crippen molar-refractivity contribution in [3.8, 4) is 11.6 Å². The zero-order chi connectivity index (χ0) is 15.7. The van der Waals surface area contributed by atoms with Gasteiger partial charge in [0.2, 0.25) is 5.88 Å². The number of aromatic nitrogens is 1. The van der Waals surface area contributed by atoms with Crippen molar-refractivity contribution in [2.75, 3.05) is 6.61 Å². The van der Waals surface area contributed by atoms with E-state index in [0.29, 0.717) is 26.4 Å². The van der Waals surface area contributed by atoms with Crippen molar-refractivity contribution in [2.45, 2.75) is 6.92 Å². The van der Waals surface area contributed by atoms with Crippen LogP contribution in [-0.4, -0.2) is 22.6 Å². The van der Waals surface area contributed by atoms with E-state index in [1.54, 1.807) is 24.3 Å². The molecule has 1 aromatic carbocycles. The summed E-state index contributed by atoms with van der Waals surface area (Å²) in [5.41, 5.74) is 0.390. The summed E-state index contributed by atoms with van der Waals surface area (Å²) in [6, 6.07) is 5.37. The average molecular weight is 332 g/mol. The first-order valence-corrected chi connectivity index (χ1v) is 7.80. The number of carbonyl (C=O) groups is 1. The van der Waals surface area contributed by atoms with Crippen LogP contribution >= 0.6 is 23.6 Å². The minimum atomic E-state index is -0.352. The van der Waals surface area contributed by atoms with Gasteiger partial charge in [-0.05, 0) is 49.5 Å². The van der Waals surface area contributed by atoms with E-state index in [0.717, 1.165) is 11.0 Å². The predicted octanol–water partition coefficient (Wildman–Crippen LogP) is 1.93. The summed E-state index contributed by atoms with van der Waals surface area (Å²) in [5, 5.41) is 11.1. The predicted molar refractivity (Wildman–Crippen MR) is 87.0 cm³/mol. The van der Waals surface area contributed by atoms with Crippen LogP contribution in [0.5, 0.6) is 11.6 Å². The van der Waals surface area contributed by atoms with Gasteiger partial charge in [0, 0.05) is 10.8 Å². The standard InChI is InChI=1S/C15H12N2O3S2/c1-2-20-10-3-4-11-8(6-10)5-9(13(18)16-11)7-12-14(19)17-15(21)22-12/h3-7,19H,2H2,1H3,(H,17,21)/b9-7+. The van der Waals surface area contributed by atoms with Crippen LogP contribution in [0.25, 0.3) is 12.2 Å². The number of rotatable bonds is 3. The van der Waals surface area contributed by atoms with Crippen molar-refractivity contribution >= 4 is 41.6 Å². The number of thiazole rings is 1. The Bertz CT molecular complexity index is 954. The summed E-state index contributed by atoms with van der Waals surface area (Å²) < 4.78 is 5.90. The molecule has 0 aliphatic carbocycles. The van der Waals surface area contributed by atoms with Gasteiger partial charge in [-0.2, -0.15) is 0 Å². The number of hydrogen-bond acceptors (Lipinski definition) is 5. The number of aromatic amines is 1. The molecule has 2 N–H and O–H groups in total.